The molecule has 1 aliphatic carbocycles. The van der Waals surface area contributed by atoms with Crippen molar-refractivity contribution in [2.24, 2.45) is 0 Å². The summed E-state index contributed by atoms with van der Waals surface area (Å²) in [5.41, 5.74) is 3.64. The molecule has 0 radical (unpaired) electrons. The van der Waals surface area contributed by atoms with Crippen LogP contribution in [0.15, 0.2) is 24.3 Å². The Balaban J connectivity index is 0.000000581. The first kappa shape index (κ1) is 16.2. The molecule has 0 heteroatoms. The second-order valence-corrected chi connectivity index (χ2v) is 4.42. The fourth-order valence-electron chi connectivity index (χ4n) is 2.50. The lowest BCUT2D eigenvalue weighted by atomic mass is 9.70. The molecule has 0 aromatic heterocycles. The van der Waals surface area contributed by atoms with Gasteiger partial charge in [0.05, 0.1) is 0 Å². The number of benzene rings is 1. The van der Waals surface area contributed by atoms with Gasteiger partial charge in [-0.25, -0.2) is 0 Å². The van der Waals surface area contributed by atoms with Crippen LogP contribution in [0.5, 0.6) is 0 Å². The van der Waals surface area contributed by atoms with E-state index in [2.05, 4.69) is 38.1 Å². The molecule has 0 fully saturated rings. The van der Waals surface area contributed by atoms with Crippen LogP contribution in [0.1, 0.15) is 71.9 Å². The van der Waals surface area contributed by atoms with E-state index in [0.717, 1.165) is 0 Å². The van der Waals surface area contributed by atoms with E-state index in [1.165, 1.54) is 25.7 Å². The topological polar surface area (TPSA) is 0 Å². The van der Waals surface area contributed by atoms with Crippen LogP contribution in [0, 0.1) is 0 Å². The van der Waals surface area contributed by atoms with Crippen LogP contribution < -0.4 is 0 Å². The summed E-state index contributed by atoms with van der Waals surface area (Å²) in [6.07, 6.45) is 5.28. The summed E-state index contributed by atoms with van der Waals surface area (Å²) >= 11 is 0. The molecule has 0 spiro atoms. The molecule has 0 aliphatic heterocycles. The van der Waals surface area contributed by atoms with Crippen molar-refractivity contribution in [2.75, 3.05) is 0 Å². The van der Waals surface area contributed by atoms with Gasteiger partial charge in [-0.1, -0.05) is 65.8 Å². The number of rotatable bonds is 1. The van der Waals surface area contributed by atoms with Gasteiger partial charge in [-0.05, 0) is 42.2 Å². The third kappa shape index (κ3) is 3.87. The van der Waals surface area contributed by atoms with Crippen molar-refractivity contribution in [3.8, 4) is 0 Å². The second-order valence-electron chi connectivity index (χ2n) is 4.42. The van der Waals surface area contributed by atoms with E-state index in [-0.39, 0.29) is 0 Å². The fourth-order valence-corrected chi connectivity index (χ4v) is 2.50. The van der Waals surface area contributed by atoms with E-state index in [1.54, 1.807) is 11.1 Å². The molecule has 2 rings (SSSR count). The van der Waals surface area contributed by atoms with Crippen molar-refractivity contribution in [3.05, 3.63) is 35.4 Å². The maximum atomic E-state index is 2.41. The first-order valence-electron chi connectivity index (χ1n) is 7.35. The Bertz CT molecular complexity index is 301. The van der Waals surface area contributed by atoms with Gasteiger partial charge in [0.25, 0.3) is 0 Å². The molecule has 0 saturated heterocycles. The zero-order chi connectivity index (χ0) is 13.3. The Hall–Kier alpha value is -0.780. The van der Waals surface area contributed by atoms with Crippen LogP contribution in [0.4, 0.5) is 0 Å². The highest BCUT2D eigenvalue weighted by Crippen LogP contribution is 2.39. The summed E-state index contributed by atoms with van der Waals surface area (Å²) < 4.78 is 0. The third-order valence-electron chi connectivity index (χ3n) is 3.62. The molecule has 0 heterocycles. The first-order chi connectivity index (χ1) is 8.26. The summed E-state index contributed by atoms with van der Waals surface area (Å²) in [7, 11) is 0. The van der Waals surface area contributed by atoms with Gasteiger partial charge in [0.1, 0.15) is 0 Å². The van der Waals surface area contributed by atoms with Crippen molar-refractivity contribution in [1.29, 1.82) is 0 Å². The normalized spacial score (nSPS) is 21.3. The predicted molar refractivity (Wildman–Crippen MR) is 79.7 cm³/mol. The van der Waals surface area contributed by atoms with Crippen LogP contribution in [0.2, 0.25) is 0 Å². The standard InChI is InChI=1S/C13H18.2C2H6/c1-3-13(2)10-6-8-11-7-4-5-9-12(11)13;2*1-2/h4-5,7,9H,3,6,8,10H2,1-2H3;2*1-2H3. The minimum Gasteiger partial charge on any atom is -0.0683 e. The van der Waals surface area contributed by atoms with Gasteiger partial charge in [-0.3, -0.25) is 0 Å². The molecule has 1 atom stereocenters. The Kier molecular flexibility index (Phi) is 7.95. The zero-order valence-electron chi connectivity index (χ0n) is 12.6. The molecule has 1 aromatic carbocycles. The van der Waals surface area contributed by atoms with Gasteiger partial charge in [0, 0.05) is 0 Å². The Morgan fingerprint density at radius 3 is 2.24 bits per heavy atom. The van der Waals surface area contributed by atoms with Gasteiger partial charge in [0.2, 0.25) is 0 Å². The van der Waals surface area contributed by atoms with Crippen molar-refractivity contribution < 1.29 is 0 Å². The van der Waals surface area contributed by atoms with E-state index in [4.69, 9.17) is 0 Å². The molecule has 17 heavy (non-hydrogen) atoms. The Morgan fingerprint density at radius 2 is 1.65 bits per heavy atom. The molecular formula is C17H30. The molecular weight excluding hydrogens is 204 g/mol. The predicted octanol–water partition coefficient (Wildman–Crippen LogP) is 5.74. The molecule has 0 saturated carbocycles. The van der Waals surface area contributed by atoms with E-state index >= 15 is 0 Å². The van der Waals surface area contributed by atoms with E-state index < -0.39 is 0 Å². The molecule has 1 aliphatic rings. The van der Waals surface area contributed by atoms with Crippen LogP contribution in [-0.2, 0) is 11.8 Å². The molecule has 0 nitrogen and oxygen atoms in total. The maximum Gasteiger partial charge on any atom is -0.00750 e. The molecule has 0 amide bonds. The van der Waals surface area contributed by atoms with Gasteiger partial charge < -0.3 is 0 Å². The minimum absolute atomic E-state index is 0.453. The molecule has 0 bridgehead atoms. The highest BCUT2D eigenvalue weighted by Gasteiger charge is 2.29. The number of aryl methyl sites for hydroxylation is 1. The van der Waals surface area contributed by atoms with Gasteiger partial charge in [-0.2, -0.15) is 0 Å². The third-order valence-corrected chi connectivity index (χ3v) is 3.62. The molecule has 0 N–H and O–H groups in total. The number of hydrogen-bond acceptors (Lipinski definition) is 0. The zero-order valence-corrected chi connectivity index (χ0v) is 12.6. The van der Waals surface area contributed by atoms with Crippen molar-refractivity contribution in [1.82, 2.24) is 0 Å². The van der Waals surface area contributed by atoms with Gasteiger partial charge >= 0.3 is 0 Å². The summed E-state index contributed by atoms with van der Waals surface area (Å²) in [4.78, 5) is 0. The summed E-state index contributed by atoms with van der Waals surface area (Å²) in [5, 5.41) is 0. The lowest BCUT2D eigenvalue weighted by molar-refractivity contribution is 0.381. The van der Waals surface area contributed by atoms with Crippen LogP contribution >= 0.6 is 0 Å². The van der Waals surface area contributed by atoms with Crippen LogP contribution in [-0.4, -0.2) is 0 Å². The van der Waals surface area contributed by atoms with Crippen LogP contribution in [0.3, 0.4) is 0 Å². The van der Waals surface area contributed by atoms with E-state index in [1.807, 2.05) is 27.7 Å². The average molecular weight is 234 g/mol. The molecule has 1 unspecified atom stereocenters. The van der Waals surface area contributed by atoms with E-state index in [0.29, 0.717) is 5.41 Å². The minimum atomic E-state index is 0.453. The lowest BCUT2D eigenvalue weighted by Gasteiger charge is -2.35. The van der Waals surface area contributed by atoms with Crippen molar-refractivity contribution >= 4 is 0 Å². The lowest BCUT2D eigenvalue weighted by Crippen LogP contribution is -2.26. The highest BCUT2D eigenvalue weighted by molar-refractivity contribution is 5.35. The summed E-state index contributed by atoms with van der Waals surface area (Å²) in [5.74, 6) is 0. The Morgan fingerprint density at radius 1 is 1.06 bits per heavy atom. The van der Waals surface area contributed by atoms with Gasteiger partial charge in [0.15, 0.2) is 0 Å². The van der Waals surface area contributed by atoms with Crippen molar-refractivity contribution in [3.63, 3.8) is 0 Å². The smallest absolute Gasteiger partial charge is 0.00750 e. The van der Waals surface area contributed by atoms with Crippen LogP contribution in [0.25, 0.3) is 0 Å². The maximum absolute atomic E-state index is 2.41. The fraction of sp³-hybridized carbons (Fsp3) is 0.647. The monoisotopic (exact) mass is 234 g/mol. The quantitative estimate of drug-likeness (QED) is 0.581. The SMILES string of the molecule is CC.CC.CCC1(C)CCCc2ccccc21. The van der Waals surface area contributed by atoms with Gasteiger partial charge in [-0.15, -0.1) is 0 Å². The number of fused-ring (bicyclic) bond motifs is 1. The molecule has 1 aromatic rings. The largest absolute Gasteiger partial charge is 0.0683 e. The average Bonchev–Trinajstić information content (AvgIpc) is 2.44. The summed E-state index contributed by atoms with van der Waals surface area (Å²) in [6, 6.07) is 8.96. The summed E-state index contributed by atoms with van der Waals surface area (Å²) in [6.45, 7) is 12.7. The Labute approximate surface area is 108 Å². The highest BCUT2D eigenvalue weighted by atomic mass is 14.3. The molecule has 98 valence electrons. The first-order valence-corrected chi connectivity index (χ1v) is 7.35. The number of hydrogen-bond donors (Lipinski definition) is 0. The van der Waals surface area contributed by atoms with E-state index in [9.17, 15) is 0 Å². The van der Waals surface area contributed by atoms with Crippen molar-refractivity contribution in [2.45, 2.75) is 72.6 Å². The second kappa shape index (κ2) is 8.33.